The van der Waals surface area contributed by atoms with Gasteiger partial charge in [0.1, 0.15) is 11.6 Å². The van der Waals surface area contributed by atoms with Crippen LogP contribution in [0, 0.1) is 35.3 Å². The molecule has 0 radical (unpaired) electrons. The Labute approximate surface area is 177 Å². The first-order chi connectivity index (χ1) is 14.9. The standard InChI is InChI=1S/C24H10F8/c25-21-14-22(26)18(8-2-16-5-11-20(12-6-16)24(30,31)32)13-17(21)7-1-15-3-9-19(10-4-15)23(27,28)29/h3-6,9-14H. The Morgan fingerprint density at radius 1 is 0.469 bits per heavy atom. The van der Waals surface area contributed by atoms with Crippen LogP contribution in [-0.2, 0) is 12.4 Å². The highest BCUT2D eigenvalue weighted by Gasteiger charge is 2.30. The summed E-state index contributed by atoms with van der Waals surface area (Å²) in [6.07, 6.45) is -9.01. The number of rotatable bonds is 0. The van der Waals surface area contributed by atoms with Crippen molar-refractivity contribution in [1.82, 2.24) is 0 Å². The van der Waals surface area contributed by atoms with Gasteiger partial charge in [-0.3, -0.25) is 0 Å². The minimum Gasteiger partial charge on any atom is -0.206 e. The average Bonchev–Trinajstić information content (AvgIpc) is 2.72. The van der Waals surface area contributed by atoms with Crippen LogP contribution in [0.2, 0.25) is 0 Å². The van der Waals surface area contributed by atoms with E-state index >= 15 is 0 Å². The first kappa shape index (κ1) is 22.9. The molecule has 0 nitrogen and oxygen atoms in total. The maximum Gasteiger partial charge on any atom is 0.416 e. The van der Waals surface area contributed by atoms with Gasteiger partial charge in [0, 0.05) is 17.2 Å². The van der Waals surface area contributed by atoms with Gasteiger partial charge >= 0.3 is 12.4 Å². The molecule has 0 atom stereocenters. The van der Waals surface area contributed by atoms with E-state index < -0.39 is 35.1 Å². The zero-order valence-electron chi connectivity index (χ0n) is 15.8. The summed E-state index contributed by atoms with van der Waals surface area (Å²) >= 11 is 0. The third-order valence-corrected chi connectivity index (χ3v) is 4.16. The SMILES string of the molecule is Fc1cc(F)c(C#Cc2ccc(C(F)(F)F)cc2)cc1C#Cc1ccc(C(F)(F)F)cc1. The van der Waals surface area contributed by atoms with Gasteiger partial charge in [-0.15, -0.1) is 0 Å². The van der Waals surface area contributed by atoms with E-state index in [2.05, 4.69) is 23.7 Å². The van der Waals surface area contributed by atoms with Crippen molar-refractivity contribution >= 4 is 0 Å². The Morgan fingerprint density at radius 3 is 1.12 bits per heavy atom. The number of halogens is 8. The third-order valence-electron chi connectivity index (χ3n) is 4.16. The Kier molecular flexibility index (Phi) is 6.27. The molecule has 3 aromatic carbocycles. The molecular weight excluding hydrogens is 440 g/mol. The summed E-state index contributed by atoms with van der Waals surface area (Å²) in [5, 5.41) is 0. The molecule has 0 amide bonds. The lowest BCUT2D eigenvalue weighted by Gasteiger charge is -2.05. The topological polar surface area (TPSA) is 0 Å². The molecular formula is C24H10F8. The normalized spacial score (nSPS) is 11.2. The first-order valence-electron chi connectivity index (χ1n) is 8.81. The maximum absolute atomic E-state index is 14.0. The van der Waals surface area contributed by atoms with Crippen LogP contribution < -0.4 is 0 Å². The van der Waals surface area contributed by atoms with E-state index in [1.165, 1.54) is 0 Å². The molecule has 0 saturated heterocycles. The van der Waals surface area contributed by atoms with Crippen LogP contribution in [0.25, 0.3) is 0 Å². The lowest BCUT2D eigenvalue weighted by Crippen LogP contribution is -2.04. The predicted molar refractivity (Wildman–Crippen MR) is 101 cm³/mol. The first-order valence-corrected chi connectivity index (χ1v) is 8.81. The second-order valence-electron chi connectivity index (χ2n) is 6.46. The minimum absolute atomic E-state index is 0.180. The summed E-state index contributed by atoms with van der Waals surface area (Å²) in [5.74, 6) is 7.80. The lowest BCUT2D eigenvalue weighted by atomic mass is 10.1. The molecule has 162 valence electrons. The van der Waals surface area contributed by atoms with Crippen LogP contribution in [0.3, 0.4) is 0 Å². The van der Waals surface area contributed by atoms with E-state index in [4.69, 9.17) is 0 Å². The van der Waals surface area contributed by atoms with Gasteiger partial charge in [-0.1, -0.05) is 23.7 Å². The van der Waals surface area contributed by atoms with Gasteiger partial charge in [-0.05, 0) is 54.6 Å². The van der Waals surface area contributed by atoms with Gasteiger partial charge < -0.3 is 0 Å². The fourth-order valence-electron chi connectivity index (χ4n) is 2.50. The van der Waals surface area contributed by atoms with Crippen LogP contribution in [0.15, 0.2) is 60.7 Å². The predicted octanol–water partition coefficient (Wildman–Crippen LogP) is 6.80. The van der Waals surface area contributed by atoms with E-state index in [0.717, 1.165) is 54.6 Å². The van der Waals surface area contributed by atoms with E-state index in [0.29, 0.717) is 6.07 Å². The summed E-state index contributed by atoms with van der Waals surface area (Å²) in [4.78, 5) is 0. The van der Waals surface area contributed by atoms with Crippen molar-refractivity contribution in [3.8, 4) is 23.7 Å². The summed E-state index contributed by atoms with van der Waals surface area (Å²) in [6, 6.07) is 9.32. The van der Waals surface area contributed by atoms with Crippen molar-refractivity contribution in [3.63, 3.8) is 0 Å². The quantitative estimate of drug-likeness (QED) is 0.261. The molecule has 0 N–H and O–H groups in total. The second-order valence-corrected chi connectivity index (χ2v) is 6.46. The maximum atomic E-state index is 14.0. The van der Waals surface area contributed by atoms with Crippen LogP contribution in [-0.4, -0.2) is 0 Å². The summed E-state index contributed by atoms with van der Waals surface area (Å²) in [6.45, 7) is 0. The van der Waals surface area contributed by atoms with Gasteiger partial charge in [0.15, 0.2) is 0 Å². The molecule has 0 unspecified atom stereocenters. The Morgan fingerprint density at radius 2 is 0.812 bits per heavy atom. The largest absolute Gasteiger partial charge is 0.416 e. The molecule has 0 aliphatic heterocycles. The zero-order chi connectivity index (χ0) is 23.5. The van der Waals surface area contributed by atoms with Crippen molar-refractivity contribution in [1.29, 1.82) is 0 Å². The monoisotopic (exact) mass is 450 g/mol. The van der Waals surface area contributed by atoms with Crippen LogP contribution >= 0.6 is 0 Å². The zero-order valence-corrected chi connectivity index (χ0v) is 15.8. The molecule has 0 heterocycles. The summed E-state index contributed by atoms with van der Waals surface area (Å²) in [7, 11) is 0. The van der Waals surface area contributed by atoms with Crippen molar-refractivity contribution in [3.05, 3.63) is 106 Å². The molecule has 0 spiro atoms. The van der Waals surface area contributed by atoms with Crippen molar-refractivity contribution < 1.29 is 35.1 Å². The van der Waals surface area contributed by atoms with Crippen LogP contribution in [0.5, 0.6) is 0 Å². The summed E-state index contributed by atoms with van der Waals surface area (Å²) in [5.41, 5.74) is -1.86. The van der Waals surface area contributed by atoms with Crippen molar-refractivity contribution in [2.24, 2.45) is 0 Å². The Bertz CT molecular complexity index is 1140. The minimum atomic E-state index is -4.50. The number of alkyl halides is 6. The molecule has 0 bridgehead atoms. The molecule has 32 heavy (non-hydrogen) atoms. The molecule has 0 aliphatic rings. The van der Waals surface area contributed by atoms with Crippen LogP contribution in [0.1, 0.15) is 33.4 Å². The molecule has 8 heteroatoms. The van der Waals surface area contributed by atoms with Gasteiger partial charge in [0.05, 0.1) is 22.3 Å². The molecule has 3 rings (SSSR count). The van der Waals surface area contributed by atoms with E-state index in [1.807, 2.05) is 0 Å². The molecule has 0 saturated carbocycles. The van der Waals surface area contributed by atoms with Gasteiger partial charge in [0.25, 0.3) is 0 Å². The number of benzene rings is 3. The van der Waals surface area contributed by atoms with E-state index in [-0.39, 0.29) is 22.3 Å². The fraction of sp³-hybridized carbons (Fsp3) is 0.0833. The molecule has 3 aromatic rings. The van der Waals surface area contributed by atoms with E-state index in [9.17, 15) is 35.1 Å². The highest BCUT2D eigenvalue weighted by Crippen LogP contribution is 2.29. The molecule has 0 fully saturated rings. The second kappa shape index (κ2) is 8.76. The molecule has 0 aliphatic carbocycles. The third kappa shape index (κ3) is 5.67. The smallest absolute Gasteiger partial charge is 0.206 e. The Hall–Kier alpha value is -3.78. The molecule has 0 aromatic heterocycles. The van der Waals surface area contributed by atoms with Crippen molar-refractivity contribution in [2.45, 2.75) is 12.4 Å². The Balaban J connectivity index is 1.87. The highest BCUT2D eigenvalue weighted by atomic mass is 19.4. The summed E-state index contributed by atoms with van der Waals surface area (Å²) < 4.78 is 104. The average molecular weight is 450 g/mol. The number of hydrogen-bond acceptors (Lipinski definition) is 0. The van der Waals surface area contributed by atoms with E-state index in [1.54, 1.807) is 0 Å². The lowest BCUT2D eigenvalue weighted by molar-refractivity contribution is -0.138. The van der Waals surface area contributed by atoms with Gasteiger partial charge in [0.2, 0.25) is 0 Å². The van der Waals surface area contributed by atoms with Crippen molar-refractivity contribution in [2.75, 3.05) is 0 Å². The number of hydrogen-bond donors (Lipinski definition) is 0. The van der Waals surface area contributed by atoms with Gasteiger partial charge in [-0.25, -0.2) is 8.78 Å². The van der Waals surface area contributed by atoms with Crippen LogP contribution in [0.4, 0.5) is 35.1 Å². The highest BCUT2D eigenvalue weighted by molar-refractivity contribution is 5.50. The van der Waals surface area contributed by atoms with Gasteiger partial charge in [-0.2, -0.15) is 26.3 Å². The fourth-order valence-corrected chi connectivity index (χ4v) is 2.50.